The summed E-state index contributed by atoms with van der Waals surface area (Å²) in [6, 6.07) is 3.86. The summed E-state index contributed by atoms with van der Waals surface area (Å²) in [5, 5.41) is 0.629. The number of hydrogen-bond donors (Lipinski definition) is 1. The number of nitrogens with zero attached hydrogens (tertiary/aromatic N) is 1. The Hall–Kier alpha value is -0.940. The Morgan fingerprint density at radius 2 is 2.50 bits per heavy atom. The Labute approximate surface area is 90.3 Å². The molecule has 0 unspecified atom stereocenters. The van der Waals surface area contributed by atoms with Gasteiger partial charge in [-0.05, 0) is 19.1 Å². The van der Waals surface area contributed by atoms with Crippen molar-refractivity contribution in [3.8, 4) is 0 Å². The van der Waals surface area contributed by atoms with Crippen molar-refractivity contribution in [1.29, 1.82) is 0 Å². The number of hydrogen-bond acceptors (Lipinski definition) is 5. The number of nitrogens with two attached hydrogens (primary N) is 1. The normalized spacial score (nSPS) is 10.6. The van der Waals surface area contributed by atoms with Gasteiger partial charge in [-0.1, -0.05) is 11.3 Å². The molecule has 74 valence electrons. The van der Waals surface area contributed by atoms with Gasteiger partial charge in [-0.25, -0.2) is 4.98 Å². The van der Waals surface area contributed by atoms with Crippen LogP contribution in [0.3, 0.4) is 0 Å². The highest BCUT2D eigenvalue weighted by atomic mass is 32.2. The van der Waals surface area contributed by atoms with Gasteiger partial charge in [0, 0.05) is 0 Å². The van der Waals surface area contributed by atoms with Crippen LogP contribution in [0.4, 0.5) is 5.13 Å². The van der Waals surface area contributed by atoms with Crippen molar-refractivity contribution in [2.24, 2.45) is 0 Å². The van der Waals surface area contributed by atoms with E-state index < -0.39 is 0 Å². The monoisotopic (exact) mass is 226 g/mol. The van der Waals surface area contributed by atoms with Crippen LogP contribution in [-0.4, -0.2) is 4.98 Å². The van der Waals surface area contributed by atoms with E-state index in [0.717, 1.165) is 17.2 Å². The third kappa shape index (κ3) is 2.10. The number of nitrogen functional groups attached to an aromatic ring is 1. The number of aromatic nitrogens is 1. The lowest BCUT2D eigenvalue weighted by Crippen LogP contribution is -1.80. The van der Waals surface area contributed by atoms with E-state index in [9.17, 15) is 0 Å². The first-order valence-corrected chi connectivity index (χ1v) is 5.94. The molecule has 2 rings (SSSR count). The lowest BCUT2D eigenvalue weighted by atomic mass is 10.5. The van der Waals surface area contributed by atoms with E-state index in [1.54, 1.807) is 18.0 Å². The molecule has 0 radical (unpaired) electrons. The number of aryl methyl sites for hydroxylation is 1. The van der Waals surface area contributed by atoms with E-state index in [-0.39, 0.29) is 0 Å². The van der Waals surface area contributed by atoms with Gasteiger partial charge in [0.15, 0.2) is 5.13 Å². The van der Waals surface area contributed by atoms with E-state index in [2.05, 4.69) is 4.98 Å². The SMILES string of the molecule is Cc1nc(N)sc1SCc1ccco1. The Morgan fingerprint density at radius 3 is 3.07 bits per heavy atom. The first-order chi connectivity index (χ1) is 6.75. The molecule has 2 N–H and O–H groups in total. The van der Waals surface area contributed by atoms with Gasteiger partial charge in [0.2, 0.25) is 0 Å². The number of thioether (sulfide) groups is 1. The fraction of sp³-hybridized carbons (Fsp3) is 0.222. The molecule has 0 fully saturated rings. The summed E-state index contributed by atoms with van der Waals surface area (Å²) in [5.74, 6) is 1.80. The molecule has 0 saturated carbocycles. The maximum absolute atomic E-state index is 5.60. The van der Waals surface area contributed by atoms with Crippen LogP contribution in [0.5, 0.6) is 0 Å². The number of furan rings is 1. The maximum Gasteiger partial charge on any atom is 0.181 e. The van der Waals surface area contributed by atoms with E-state index in [0.29, 0.717) is 5.13 Å². The molecule has 0 aliphatic heterocycles. The molecule has 3 nitrogen and oxygen atoms in total. The molecule has 0 aromatic carbocycles. The molecule has 0 aliphatic rings. The third-order valence-electron chi connectivity index (χ3n) is 1.70. The average molecular weight is 226 g/mol. The molecule has 14 heavy (non-hydrogen) atoms. The molecule has 0 saturated heterocycles. The summed E-state index contributed by atoms with van der Waals surface area (Å²) in [6.07, 6.45) is 1.68. The largest absolute Gasteiger partial charge is 0.468 e. The van der Waals surface area contributed by atoms with Crippen LogP contribution in [0.25, 0.3) is 0 Å². The highest BCUT2D eigenvalue weighted by Gasteiger charge is 2.06. The summed E-state index contributed by atoms with van der Waals surface area (Å²) in [4.78, 5) is 4.16. The summed E-state index contributed by atoms with van der Waals surface area (Å²) in [7, 11) is 0. The van der Waals surface area contributed by atoms with Crippen LogP contribution in [-0.2, 0) is 5.75 Å². The molecule has 5 heteroatoms. The minimum atomic E-state index is 0.629. The summed E-state index contributed by atoms with van der Waals surface area (Å²) >= 11 is 3.23. The van der Waals surface area contributed by atoms with Crippen molar-refractivity contribution in [2.75, 3.05) is 5.73 Å². The third-order valence-corrected chi connectivity index (χ3v) is 4.07. The van der Waals surface area contributed by atoms with E-state index in [1.807, 2.05) is 19.1 Å². The maximum atomic E-state index is 5.60. The zero-order chi connectivity index (χ0) is 9.97. The van der Waals surface area contributed by atoms with Crippen molar-refractivity contribution in [1.82, 2.24) is 4.98 Å². The minimum Gasteiger partial charge on any atom is -0.468 e. The van der Waals surface area contributed by atoms with E-state index in [1.165, 1.54) is 15.5 Å². The molecule has 2 aromatic rings. The van der Waals surface area contributed by atoms with Crippen LogP contribution in [0.2, 0.25) is 0 Å². The number of anilines is 1. The first kappa shape index (κ1) is 9.61. The fourth-order valence-corrected chi connectivity index (χ4v) is 2.99. The molecule has 0 spiro atoms. The Balaban J connectivity index is 2.01. The van der Waals surface area contributed by atoms with E-state index >= 15 is 0 Å². The smallest absolute Gasteiger partial charge is 0.181 e. The van der Waals surface area contributed by atoms with Gasteiger partial charge in [-0.3, -0.25) is 0 Å². The second-order valence-electron chi connectivity index (χ2n) is 2.79. The Kier molecular flexibility index (Phi) is 2.79. The second kappa shape index (κ2) is 4.06. The van der Waals surface area contributed by atoms with Crippen molar-refractivity contribution >= 4 is 28.2 Å². The molecule has 0 amide bonds. The molecule has 0 bridgehead atoms. The van der Waals surface area contributed by atoms with Crippen molar-refractivity contribution in [3.05, 3.63) is 29.9 Å². The van der Waals surface area contributed by atoms with Crippen molar-refractivity contribution in [3.63, 3.8) is 0 Å². The minimum absolute atomic E-state index is 0.629. The van der Waals surface area contributed by atoms with Gasteiger partial charge in [-0.15, -0.1) is 11.8 Å². The molecule has 0 aliphatic carbocycles. The number of rotatable bonds is 3. The second-order valence-corrected chi connectivity index (χ2v) is 5.07. The predicted octanol–water partition coefficient (Wildman–Crippen LogP) is 2.92. The quantitative estimate of drug-likeness (QED) is 0.818. The number of thiazole rings is 1. The summed E-state index contributed by atoms with van der Waals surface area (Å²) in [5.41, 5.74) is 6.60. The summed E-state index contributed by atoms with van der Waals surface area (Å²) in [6.45, 7) is 1.97. The van der Waals surface area contributed by atoms with Gasteiger partial charge in [-0.2, -0.15) is 0 Å². The van der Waals surface area contributed by atoms with Gasteiger partial charge in [0.25, 0.3) is 0 Å². The van der Waals surface area contributed by atoms with Gasteiger partial charge in [0.1, 0.15) is 5.76 Å². The average Bonchev–Trinajstić information content (AvgIpc) is 2.72. The molecular weight excluding hydrogens is 216 g/mol. The van der Waals surface area contributed by atoms with Crippen molar-refractivity contribution in [2.45, 2.75) is 16.9 Å². The van der Waals surface area contributed by atoms with Crippen molar-refractivity contribution < 1.29 is 4.42 Å². The van der Waals surface area contributed by atoms with Crippen LogP contribution >= 0.6 is 23.1 Å². The van der Waals surface area contributed by atoms with Crippen LogP contribution in [0.1, 0.15) is 11.5 Å². The van der Waals surface area contributed by atoms with Crippen LogP contribution < -0.4 is 5.73 Å². The lowest BCUT2D eigenvalue weighted by molar-refractivity contribution is 0.530. The van der Waals surface area contributed by atoms with E-state index in [4.69, 9.17) is 10.2 Å². The molecule has 2 heterocycles. The first-order valence-electron chi connectivity index (χ1n) is 4.14. The molecular formula is C9H10N2OS2. The Bertz CT molecular complexity index is 408. The zero-order valence-electron chi connectivity index (χ0n) is 7.69. The van der Waals surface area contributed by atoms with Crippen LogP contribution in [0.15, 0.2) is 27.0 Å². The Morgan fingerprint density at radius 1 is 1.64 bits per heavy atom. The lowest BCUT2D eigenvalue weighted by Gasteiger charge is -1.95. The van der Waals surface area contributed by atoms with Gasteiger partial charge in [0.05, 0.1) is 21.9 Å². The molecule has 2 aromatic heterocycles. The summed E-state index contributed by atoms with van der Waals surface area (Å²) < 4.78 is 6.40. The van der Waals surface area contributed by atoms with Crippen LogP contribution in [0, 0.1) is 6.92 Å². The highest BCUT2D eigenvalue weighted by molar-refractivity contribution is 8.00. The standard InChI is InChI=1S/C9H10N2OS2/c1-6-8(14-9(10)11-6)13-5-7-3-2-4-12-7/h2-4H,5H2,1H3,(H2,10,11). The molecule has 0 atom stereocenters. The van der Waals surface area contributed by atoms with Gasteiger partial charge >= 0.3 is 0 Å². The highest BCUT2D eigenvalue weighted by Crippen LogP contribution is 2.32. The predicted molar refractivity (Wildman–Crippen MR) is 59.5 cm³/mol. The topological polar surface area (TPSA) is 52.0 Å². The zero-order valence-corrected chi connectivity index (χ0v) is 9.32. The fourth-order valence-electron chi connectivity index (χ4n) is 1.07. The van der Waals surface area contributed by atoms with Gasteiger partial charge < -0.3 is 10.2 Å².